The number of hydrogen-bond donors (Lipinski definition) is 3. The zero-order chi connectivity index (χ0) is 26.9. The molecule has 3 atom stereocenters. The van der Waals surface area contributed by atoms with Crippen molar-refractivity contribution in [3.05, 3.63) is 76.0 Å². The predicted octanol–water partition coefficient (Wildman–Crippen LogP) is 3.02. The molecule has 2 fully saturated rings. The second kappa shape index (κ2) is 8.88. The molecule has 0 radical (unpaired) electrons. The van der Waals surface area contributed by atoms with Gasteiger partial charge in [-0.25, -0.2) is 13.8 Å². The normalized spacial score (nSPS) is 21.3. The molecule has 4 aromatic rings. The van der Waals surface area contributed by atoms with E-state index in [1.165, 1.54) is 12.1 Å². The highest BCUT2D eigenvalue weighted by Gasteiger charge is 2.54. The number of nitrogens with zero attached hydrogens (tertiary/aromatic N) is 5. The first-order chi connectivity index (χ1) is 18.2. The highest BCUT2D eigenvalue weighted by molar-refractivity contribution is 5.97. The standard InChI is InChI=1S/C27H29F2N7O2/c1-13(2)26-32-23-20(34(26)3)9-7-18(25(23)35-11-14-15(12-35)22(14)30)31-27(38)19-8-10-21(37)36(33-19)24-16(28)5-4-6-17(24)29/h4-10,13-15,22,27,31,38H,11-12,30H2,1-3H3. The molecule has 38 heavy (non-hydrogen) atoms. The molecule has 2 aliphatic rings. The molecule has 1 aliphatic heterocycles. The van der Waals surface area contributed by atoms with Crippen LogP contribution < -0.4 is 21.5 Å². The lowest BCUT2D eigenvalue weighted by Gasteiger charge is -2.26. The minimum absolute atomic E-state index is 0.0217. The van der Waals surface area contributed by atoms with E-state index in [2.05, 4.69) is 33.7 Å². The first-order valence-electron chi connectivity index (χ1n) is 12.6. The monoisotopic (exact) mass is 521 g/mol. The van der Waals surface area contributed by atoms with E-state index in [0.29, 0.717) is 22.2 Å². The lowest BCUT2D eigenvalue weighted by atomic mass is 10.2. The lowest BCUT2D eigenvalue weighted by molar-refractivity contribution is 0.201. The van der Waals surface area contributed by atoms with Gasteiger partial charge in [0.1, 0.15) is 22.7 Å². The number of hydrogen-bond acceptors (Lipinski definition) is 7. The molecule has 1 saturated carbocycles. The van der Waals surface area contributed by atoms with E-state index in [1.54, 1.807) is 0 Å². The van der Waals surface area contributed by atoms with Gasteiger partial charge < -0.3 is 25.6 Å². The second-order valence-corrected chi connectivity index (χ2v) is 10.4. The Morgan fingerprint density at radius 3 is 2.39 bits per heavy atom. The molecule has 3 unspecified atom stereocenters. The third kappa shape index (κ3) is 3.84. The van der Waals surface area contributed by atoms with Crippen molar-refractivity contribution in [2.24, 2.45) is 24.6 Å². The summed E-state index contributed by atoms with van der Waals surface area (Å²) in [5.74, 6) is 0.143. The summed E-state index contributed by atoms with van der Waals surface area (Å²) in [5, 5.41) is 18.3. The third-order valence-corrected chi connectivity index (χ3v) is 7.70. The van der Waals surface area contributed by atoms with E-state index < -0.39 is 29.1 Å². The predicted molar refractivity (Wildman–Crippen MR) is 140 cm³/mol. The van der Waals surface area contributed by atoms with Gasteiger partial charge in [-0.2, -0.15) is 9.78 Å². The van der Waals surface area contributed by atoms with Crippen LogP contribution in [0.4, 0.5) is 20.2 Å². The highest BCUT2D eigenvalue weighted by Crippen LogP contribution is 2.48. The lowest BCUT2D eigenvalue weighted by Crippen LogP contribution is -2.29. The van der Waals surface area contributed by atoms with E-state index in [9.17, 15) is 18.7 Å². The largest absolute Gasteiger partial charge is 0.368 e. The van der Waals surface area contributed by atoms with Crippen molar-refractivity contribution < 1.29 is 13.9 Å². The second-order valence-electron chi connectivity index (χ2n) is 10.4. The number of aliphatic hydroxyl groups excluding tert-OH is 1. The smallest absolute Gasteiger partial charge is 0.271 e. The molecule has 11 heteroatoms. The Morgan fingerprint density at radius 2 is 1.74 bits per heavy atom. The number of para-hydroxylation sites is 1. The molecule has 1 saturated heterocycles. The fourth-order valence-electron chi connectivity index (χ4n) is 5.61. The van der Waals surface area contributed by atoms with Crippen molar-refractivity contribution in [3.8, 4) is 5.69 Å². The Labute approximate surface area is 217 Å². The first kappa shape index (κ1) is 24.5. The van der Waals surface area contributed by atoms with Crippen molar-refractivity contribution in [1.29, 1.82) is 0 Å². The molecular weight excluding hydrogens is 492 g/mol. The number of rotatable bonds is 6. The molecule has 0 spiro atoms. The summed E-state index contributed by atoms with van der Waals surface area (Å²) >= 11 is 0. The summed E-state index contributed by atoms with van der Waals surface area (Å²) in [4.78, 5) is 19.6. The van der Waals surface area contributed by atoms with E-state index >= 15 is 0 Å². The van der Waals surface area contributed by atoms with Gasteiger partial charge in [-0.3, -0.25) is 4.79 Å². The number of aromatic nitrogens is 4. The van der Waals surface area contributed by atoms with Crippen LogP contribution in [-0.4, -0.2) is 43.6 Å². The maximum Gasteiger partial charge on any atom is 0.271 e. The van der Waals surface area contributed by atoms with Crippen molar-refractivity contribution >= 4 is 22.4 Å². The molecule has 1 aliphatic carbocycles. The van der Waals surface area contributed by atoms with Crippen molar-refractivity contribution in [3.63, 3.8) is 0 Å². The molecule has 2 aromatic heterocycles. The molecule has 4 N–H and O–H groups in total. The van der Waals surface area contributed by atoms with Gasteiger partial charge in [-0.15, -0.1) is 0 Å². The van der Waals surface area contributed by atoms with Gasteiger partial charge in [0.05, 0.1) is 16.9 Å². The van der Waals surface area contributed by atoms with Crippen LogP contribution in [0.5, 0.6) is 0 Å². The number of nitrogens with one attached hydrogen (secondary N) is 1. The van der Waals surface area contributed by atoms with Crippen LogP contribution in [0.1, 0.15) is 37.5 Å². The Hall–Kier alpha value is -3.83. The Kier molecular flexibility index (Phi) is 5.73. The van der Waals surface area contributed by atoms with Gasteiger partial charge in [0.25, 0.3) is 5.56 Å². The van der Waals surface area contributed by atoms with Crippen molar-refractivity contribution in [2.75, 3.05) is 23.3 Å². The van der Waals surface area contributed by atoms with Crippen LogP contribution >= 0.6 is 0 Å². The number of halogens is 2. The topological polar surface area (TPSA) is 114 Å². The molecular formula is C27H29F2N7O2. The van der Waals surface area contributed by atoms with Crippen LogP contribution in [-0.2, 0) is 7.05 Å². The van der Waals surface area contributed by atoms with Crippen molar-refractivity contribution in [2.45, 2.75) is 32.0 Å². The SMILES string of the molecule is CC(C)c1nc2c(N3CC4C(N)C4C3)c(NC(O)c3ccc(=O)n(-c4c(F)cccc4F)n3)ccc2n1C. The molecule has 2 aromatic carbocycles. The van der Waals surface area contributed by atoms with Gasteiger partial charge in [-0.1, -0.05) is 19.9 Å². The molecule has 0 bridgehead atoms. The fourth-order valence-corrected chi connectivity index (χ4v) is 5.61. The van der Waals surface area contributed by atoms with Crippen LogP contribution in [0.2, 0.25) is 0 Å². The van der Waals surface area contributed by atoms with Crippen molar-refractivity contribution in [1.82, 2.24) is 19.3 Å². The average molecular weight is 522 g/mol. The number of imidazole rings is 1. The highest BCUT2D eigenvalue weighted by atomic mass is 19.1. The quantitative estimate of drug-likeness (QED) is 0.334. The number of nitrogens with two attached hydrogens (primary N) is 1. The molecule has 0 amide bonds. The van der Waals surface area contributed by atoms with Crippen LogP contribution in [0, 0.1) is 23.5 Å². The maximum atomic E-state index is 14.4. The number of benzene rings is 2. The summed E-state index contributed by atoms with van der Waals surface area (Å²) in [5.41, 5.74) is 8.16. The number of aryl methyl sites for hydroxylation is 1. The Bertz CT molecular complexity index is 1580. The van der Waals surface area contributed by atoms with Gasteiger partial charge in [0.2, 0.25) is 0 Å². The summed E-state index contributed by atoms with van der Waals surface area (Å²) in [6.45, 7) is 5.76. The van der Waals surface area contributed by atoms with Gasteiger partial charge in [-0.05, 0) is 42.2 Å². The maximum absolute atomic E-state index is 14.4. The molecule has 6 rings (SSSR count). The van der Waals surface area contributed by atoms with Crippen LogP contribution in [0.25, 0.3) is 16.7 Å². The average Bonchev–Trinajstić information content (AvgIpc) is 3.20. The molecule has 198 valence electrons. The molecule has 3 heterocycles. The zero-order valence-corrected chi connectivity index (χ0v) is 21.3. The summed E-state index contributed by atoms with van der Waals surface area (Å²) in [7, 11) is 1.99. The number of piperidine rings is 1. The van der Waals surface area contributed by atoms with E-state index in [0.717, 1.165) is 53.8 Å². The Morgan fingerprint density at radius 1 is 1.05 bits per heavy atom. The van der Waals surface area contributed by atoms with E-state index in [-0.39, 0.29) is 17.7 Å². The number of fused-ring (bicyclic) bond motifs is 2. The minimum Gasteiger partial charge on any atom is -0.368 e. The first-order valence-corrected chi connectivity index (χ1v) is 12.6. The summed E-state index contributed by atoms with van der Waals surface area (Å²) < 4.78 is 31.5. The van der Waals surface area contributed by atoms with E-state index in [4.69, 9.17) is 10.7 Å². The van der Waals surface area contributed by atoms with Gasteiger partial charge >= 0.3 is 0 Å². The third-order valence-electron chi connectivity index (χ3n) is 7.70. The van der Waals surface area contributed by atoms with E-state index in [1.807, 2.05) is 19.2 Å². The van der Waals surface area contributed by atoms with Crippen LogP contribution in [0.15, 0.2) is 47.3 Å². The number of anilines is 2. The zero-order valence-electron chi connectivity index (χ0n) is 21.3. The number of aliphatic hydroxyl groups is 1. The fraction of sp³-hybridized carbons (Fsp3) is 0.370. The molecule has 9 nitrogen and oxygen atoms in total. The summed E-state index contributed by atoms with van der Waals surface area (Å²) in [6, 6.07) is 9.77. The van der Waals surface area contributed by atoms with Gasteiger partial charge in [0.15, 0.2) is 17.9 Å². The van der Waals surface area contributed by atoms with Gasteiger partial charge in [0, 0.05) is 38.2 Å². The summed E-state index contributed by atoms with van der Waals surface area (Å²) in [6.07, 6.45) is -1.37. The minimum atomic E-state index is -1.37. The Balaban J connectivity index is 1.40. The van der Waals surface area contributed by atoms with Crippen LogP contribution in [0.3, 0.4) is 0 Å².